The number of aromatic nitrogens is 2. The molecular weight excluding hydrogens is 381 g/mol. The van der Waals surface area contributed by atoms with Crippen molar-refractivity contribution < 1.29 is 0 Å². The average Bonchev–Trinajstić information content (AvgIpc) is 3.23. The number of halogens is 2. The van der Waals surface area contributed by atoms with Gasteiger partial charge in [0.05, 0.1) is 15.7 Å². The normalized spacial score (nSPS) is 19.0. The van der Waals surface area contributed by atoms with Crippen LogP contribution in [0.25, 0.3) is 11.3 Å². The Balaban J connectivity index is 1.31. The van der Waals surface area contributed by atoms with E-state index in [0.29, 0.717) is 10.0 Å². The van der Waals surface area contributed by atoms with Gasteiger partial charge in [-0.15, -0.1) is 10.2 Å². The van der Waals surface area contributed by atoms with Crippen LogP contribution in [0.1, 0.15) is 12.8 Å². The van der Waals surface area contributed by atoms with E-state index in [1.54, 1.807) is 6.07 Å². The van der Waals surface area contributed by atoms with Gasteiger partial charge in [0.1, 0.15) is 0 Å². The zero-order valence-electron chi connectivity index (χ0n) is 15.4. The molecule has 144 valence electrons. The molecule has 1 aromatic carbocycles. The number of anilines is 1. The lowest BCUT2D eigenvalue weighted by atomic mass is 10.1. The molecule has 0 N–H and O–H groups in total. The number of rotatable bonds is 5. The van der Waals surface area contributed by atoms with Gasteiger partial charge in [-0.2, -0.15) is 0 Å². The van der Waals surface area contributed by atoms with Gasteiger partial charge in [-0.05, 0) is 50.2 Å². The molecule has 27 heavy (non-hydrogen) atoms. The van der Waals surface area contributed by atoms with Crippen LogP contribution >= 0.6 is 23.2 Å². The first kappa shape index (κ1) is 18.9. The fourth-order valence-electron chi connectivity index (χ4n) is 3.79. The van der Waals surface area contributed by atoms with Crippen molar-refractivity contribution >= 4 is 29.0 Å². The highest BCUT2D eigenvalue weighted by Gasteiger charge is 2.20. The highest BCUT2D eigenvalue weighted by molar-refractivity contribution is 6.42. The summed E-state index contributed by atoms with van der Waals surface area (Å²) in [4.78, 5) is 7.46. The van der Waals surface area contributed by atoms with Crippen LogP contribution in [-0.4, -0.2) is 72.4 Å². The number of piperazine rings is 1. The maximum atomic E-state index is 6.10. The van der Waals surface area contributed by atoms with Gasteiger partial charge in [0.25, 0.3) is 0 Å². The van der Waals surface area contributed by atoms with E-state index >= 15 is 0 Å². The molecule has 2 saturated heterocycles. The molecule has 0 aliphatic carbocycles. The van der Waals surface area contributed by atoms with E-state index < -0.39 is 0 Å². The maximum Gasteiger partial charge on any atom is 0.151 e. The predicted octanol–water partition coefficient (Wildman–Crippen LogP) is 3.67. The third kappa shape index (κ3) is 4.72. The second kappa shape index (κ2) is 8.74. The topological polar surface area (TPSA) is 35.5 Å². The molecule has 0 unspecified atom stereocenters. The van der Waals surface area contributed by atoms with Crippen molar-refractivity contribution in [2.75, 3.05) is 57.3 Å². The lowest BCUT2D eigenvalue weighted by Gasteiger charge is -2.35. The first-order valence-electron chi connectivity index (χ1n) is 9.68. The van der Waals surface area contributed by atoms with Gasteiger partial charge in [0.2, 0.25) is 0 Å². The number of hydrogen-bond donors (Lipinski definition) is 0. The molecule has 0 saturated carbocycles. The molecule has 2 fully saturated rings. The van der Waals surface area contributed by atoms with Crippen LogP contribution in [0, 0.1) is 0 Å². The number of likely N-dealkylation sites (tertiary alicyclic amines) is 1. The summed E-state index contributed by atoms with van der Waals surface area (Å²) >= 11 is 12.1. The van der Waals surface area contributed by atoms with E-state index in [9.17, 15) is 0 Å². The Labute approximate surface area is 170 Å². The molecule has 2 aliphatic heterocycles. The van der Waals surface area contributed by atoms with Crippen molar-refractivity contribution in [3.05, 3.63) is 40.4 Å². The van der Waals surface area contributed by atoms with Gasteiger partial charge in [-0.25, -0.2) is 0 Å². The largest absolute Gasteiger partial charge is 0.353 e. The molecular formula is C20H25Cl2N5. The van der Waals surface area contributed by atoms with E-state index in [4.69, 9.17) is 23.2 Å². The summed E-state index contributed by atoms with van der Waals surface area (Å²) in [5, 5.41) is 9.91. The van der Waals surface area contributed by atoms with Crippen molar-refractivity contribution in [1.29, 1.82) is 0 Å². The Morgan fingerprint density at radius 2 is 1.44 bits per heavy atom. The summed E-state index contributed by atoms with van der Waals surface area (Å²) < 4.78 is 0. The summed E-state index contributed by atoms with van der Waals surface area (Å²) in [6.07, 6.45) is 2.73. The quantitative estimate of drug-likeness (QED) is 0.757. The fourth-order valence-corrected chi connectivity index (χ4v) is 4.09. The van der Waals surface area contributed by atoms with Crippen molar-refractivity contribution in [1.82, 2.24) is 20.0 Å². The first-order chi connectivity index (χ1) is 13.2. The minimum absolute atomic E-state index is 0.532. The van der Waals surface area contributed by atoms with E-state index in [0.717, 1.165) is 43.3 Å². The van der Waals surface area contributed by atoms with Crippen LogP contribution in [0.2, 0.25) is 10.0 Å². The maximum absolute atomic E-state index is 6.10. The molecule has 2 aliphatic rings. The van der Waals surface area contributed by atoms with Crippen LogP contribution in [0.4, 0.5) is 5.82 Å². The Hall–Kier alpha value is -1.40. The molecule has 4 rings (SSSR count). The van der Waals surface area contributed by atoms with E-state index in [1.165, 1.54) is 39.0 Å². The monoisotopic (exact) mass is 405 g/mol. The lowest BCUT2D eigenvalue weighted by molar-refractivity contribution is 0.215. The van der Waals surface area contributed by atoms with Gasteiger partial charge in [-0.1, -0.05) is 29.3 Å². The zero-order chi connectivity index (χ0) is 18.6. The molecule has 2 aromatic rings. The number of hydrogen-bond acceptors (Lipinski definition) is 5. The Bertz CT molecular complexity index is 753. The second-order valence-corrected chi connectivity index (χ2v) is 8.10. The van der Waals surface area contributed by atoms with Crippen molar-refractivity contribution in [3.8, 4) is 11.3 Å². The van der Waals surface area contributed by atoms with Crippen molar-refractivity contribution in [2.24, 2.45) is 0 Å². The van der Waals surface area contributed by atoms with Gasteiger partial charge in [0, 0.05) is 44.8 Å². The first-order valence-corrected chi connectivity index (χ1v) is 10.4. The summed E-state index contributed by atoms with van der Waals surface area (Å²) in [6, 6.07) is 9.58. The smallest absolute Gasteiger partial charge is 0.151 e. The van der Waals surface area contributed by atoms with Crippen LogP contribution in [0.15, 0.2) is 30.3 Å². The molecule has 0 spiro atoms. The second-order valence-electron chi connectivity index (χ2n) is 7.28. The van der Waals surface area contributed by atoms with E-state index in [1.807, 2.05) is 24.3 Å². The van der Waals surface area contributed by atoms with Gasteiger partial charge < -0.3 is 9.80 Å². The Morgan fingerprint density at radius 1 is 0.741 bits per heavy atom. The summed E-state index contributed by atoms with van der Waals surface area (Å²) in [5.74, 6) is 0.943. The number of benzene rings is 1. The van der Waals surface area contributed by atoms with Crippen molar-refractivity contribution in [3.63, 3.8) is 0 Å². The molecule has 5 nitrogen and oxygen atoms in total. The molecule has 7 heteroatoms. The van der Waals surface area contributed by atoms with Gasteiger partial charge in [0.15, 0.2) is 5.82 Å². The summed E-state index contributed by atoms with van der Waals surface area (Å²) in [6.45, 7) is 9.12. The summed E-state index contributed by atoms with van der Waals surface area (Å²) in [7, 11) is 0. The zero-order valence-corrected chi connectivity index (χ0v) is 17.0. The Kier molecular flexibility index (Phi) is 6.13. The SMILES string of the molecule is Clc1ccc(-c2ccc(N3CCN(CCN4CCCC4)CC3)nn2)cc1Cl. The average molecular weight is 406 g/mol. The van der Waals surface area contributed by atoms with E-state index in [2.05, 4.69) is 24.9 Å². The minimum Gasteiger partial charge on any atom is -0.353 e. The highest BCUT2D eigenvalue weighted by atomic mass is 35.5. The summed E-state index contributed by atoms with van der Waals surface area (Å²) in [5.41, 5.74) is 1.73. The third-order valence-corrected chi connectivity index (χ3v) is 6.23. The van der Waals surface area contributed by atoms with Crippen molar-refractivity contribution in [2.45, 2.75) is 12.8 Å². The molecule has 0 amide bonds. The van der Waals surface area contributed by atoms with Gasteiger partial charge >= 0.3 is 0 Å². The Morgan fingerprint density at radius 3 is 2.07 bits per heavy atom. The van der Waals surface area contributed by atoms with Crippen LogP contribution in [-0.2, 0) is 0 Å². The molecule has 0 bridgehead atoms. The third-order valence-electron chi connectivity index (χ3n) is 5.49. The van der Waals surface area contributed by atoms with Gasteiger partial charge in [-0.3, -0.25) is 4.90 Å². The molecule has 0 atom stereocenters. The lowest BCUT2D eigenvalue weighted by Crippen LogP contribution is -2.48. The van der Waals surface area contributed by atoms with Crippen LogP contribution in [0.5, 0.6) is 0 Å². The minimum atomic E-state index is 0.532. The highest BCUT2D eigenvalue weighted by Crippen LogP contribution is 2.27. The van der Waals surface area contributed by atoms with Crippen LogP contribution in [0.3, 0.4) is 0 Å². The molecule has 0 radical (unpaired) electrons. The predicted molar refractivity (Wildman–Crippen MR) is 112 cm³/mol. The fraction of sp³-hybridized carbons (Fsp3) is 0.500. The van der Waals surface area contributed by atoms with Crippen LogP contribution < -0.4 is 4.90 Å². The number of nitrogens with zero attached hydrogens (tertiary/aromatic N) is 5. The van der Waals surface area contributed by atoms with E-state index in [-0.39, 0.29) is 0 Å². The standard InChI is InChI=1S/C20H25Cl2N5/c21-17-4-3-16(15-18(17)22)19-5-6-20(24-23-19)27-13-11-26(12-14-27)10-9-25-7-1-2-8-25/h3-6,15H,1-2,7-14H2. The molecule has 1 aromatic heterocycles. The molecule has 3 heterocycles.